The molecule has 5 bridgehead atoms. The van der Waals surface area contributed by atoms with Gasteiger partial charge in [-0.3, -0.25) is 28.8 Å². The SMILES string of the molecule is CC(=O)O[C@H]1[C@H](C)[C@H](O)[C@H](C)[C@@H](O)[C@H]2C[C@H]2C(=O)C[C@]2(C)OC3=C(NC2=O)C(=O)c2c(O)c(C)c4c(c2C3=O)C(=O)[C@@](C)(O/C=C/[C@H](O)[C@H]1C)O4. The summed E-state index contributed by atoms with van der Waals surface area (Å²) in [5.74, 6) is -12.5. The molecule has 1 saturated carbocycles. The Balaban J connectivity index is 1.44. The Morgan fingerprint density at radius 2 is 1.59 bits per heavy atom. The molecule has 0 aromatic heterocycles. The Labute approximate surface area is 292 Å². The van der Waals surface area contributed by atoms with Gasteiger partial charge >= 0.3 is 11.8 Å². The first-order valence-corrected chi connectivity index (χ1v) is 16.8. The lowest BCUT2D eigenvalue weighted by Crippen LogP contribution is -2.54. The number of carbonyl (C=O) groups is 6. The standard InChI is InChI=1S/C36H41NO14/c1-12-19(39)8-9-48-36(7)33(46)23-21-22(27(43)15(4)31(23)51-36)28(44)24-32(29(21)45)50-35(6,34(47)37-24)11-20(40)17-10-18(17)26(42)13(2)25(41)14(3)30(12)49-16(5)38/h8-9,12-14,17-19,25-26,30,39,41-43H,10-11H2,1-7H3,(H,37,47)/b9-8+/t12-,13+,14-,17-,18+,19+,25-,26-,30-,35+,36+/m1/s1. The highest BCUT2D eigenvalue weighted by Gasteiger charge is 2.57. The van der Waals surface area contributed by atoms with Gasteiger partial charge in [-0.15, -0.1) is 0 Å². The number of carbonyl (C=O) groups excluding carboxylic acids is 6. The number of hydrogen-bond acceptors (Lipinski definition) is 14. The highest BCUT2D eigenvalue weighted by Crippen LogP contribution is 2.51. The van der Waals surface area contributed by atoms with Crippen LogP contribution < -0.4 is 10.1 Å². The number of phenols is 1. The van der Waals surface area contributed by atoms with Gasteiger partial charge in [0.2, 0.25) is 11.6 Å². The number of aliphatic hydroxyl groups excluding tert-OH is 3. The molecule has 6 rings (SSSR count). The minimum absolute atomic E-state index is 0.0663. The zero-order chi connectivity index (χ0) is 37.6. The van der Waals surface area contributed by atoms with E-state index in [0.717, 1.165) is 6.26 Å². The average molecular weight is 712 g/mol. The molecule has 2 aliphatic carbocycles. The summed E-state index contributed by atoms with van der Waals surface area (Å²) in [7, 11) is 0. The van der Waals surface area contributed by atoms with E-state index in [1.807, 2.05) is 0 Å². The minimum Gasteiger partial charge on any atom is -0.507 e. The van der Waals surface area contributed by atoms with E-state index in [1.54, 1.807) is 20.8 Å². The highest BCUT2D eigenvalue weighted by molar-refractivity contribution is 6.32. The predicted molar refractivity (Wildman–Crippen MR) is 172 cm³/mol. The van der Waals surface area contributed by atoms with Crippen LogP contribution in [0.3, 0.4) is 0 Å². The average Bonchev–Trinajstić information content (AvgIpc) is 3.83. The van der Waals surface area contributed by atoms with Gasteiger partial charge in [0.1, 0.15) is 29.1 Å². The fourth-order valence-electron chi connectivity index (χ4n) is 7.67. The number of hydrogen-bond donors (Lipinski definition) is 5. The zero-order valence-electron chi connectivity index (χ0n) is 29.1. The van der Waals surface area contributed by atoms with Crippen molar-refractivity contribution in [1.29, 1.82) is 0 Å². The van der Waals surface area contributed by atoms with E-state index in [0.29, 0.717) is 0 Å². The molecule has 1 amide bonds. The van der Waals surface area contributed by atoms with E-state index < -0.39 is 135 Å². The van der Waals surface area contributed by atoms with Crippen LogP contribution in [0.1, 0.15) is 91.0 Å². The van der Waals surface area contributed by atoms with Crippen LogP contribution in [0, 0.1) is 36.5 Å². The number of phenolic OH excluding ortho intramolecular Hbond substituents is 1. The fraction of sp³-hybridized carbons (Fsp3) is 0.556. The van der Waals surface area contributed by atoms with Crippen LogP contribution in [-0.4, -0.2) is 91.2 Å². The molecule has 0 saturated heterocycles. The van der Waals surface area contributed by atoms with Crippen LogP contribution in [0.25, 0.3) is 0 Å². The summed E-state index contributed by atoms with van der Waals surface area (Å²) in [6.07, 6.45) is -3.04. The molecule has 11 atom stereocenters. The Kier molecular flexibility index (Phi) is 8.71. The van der Waals surface area contributed by atoms with Gasteiger partial charge < -0.3 is 44.7 Å². The van der Waals surface area contributed by atoms with Crippen molar-refractivity contribution >= 4 is 35.0 Å². The summed E-state index contributed by atoms with van der Waals surface area (Å²) < 4.78 is 23.0. The Hall–Kier alpha value is -4.60. The highest BCUT2D eigenvalue weighted by atomic mass is 16.7. The van der Waals surface area contributed by atoms with Gasteiger partial charge in [0, 0.05) is 43.1 Å². The lowest BCUT2D eigenvalue weighted by Gasteiger charge is -2.37. The molecule has 15 nitrogen and oxygen atoms in total. The summed E-state index contributed by atoms with van der Waals surface area (Å²) in [5, 5.41) is 47.2. The van der Waals surface area contributed by atoms with E-state index in [4.69, 9.17) is 18.9 Å². The number of ketones is 4. The molecule has 15 heteroatoms. The Bertz CT molecular complexity index is 1850. The molecule has 0 spiro atoms. The third kappa shape index (κ3) is 5.62. The van der Waals surface area contributed by atoms with E-state index in [9.17, 15) is 49.2 Å². The van der Waals surface area contributed by atoms with Crippen LogP contribution in [0.5, 0.6) is 11.5 Å². The summed E-state index contributed by atoms with van der Waals surface area (Å²) >= 11 is 0. The molecule has 1 fully saturated rings. The number of benzene rings is 1. The largest absolute Gasteiger partial charge is 0.507 e. The molecule has 3 heterocycles. The summed E-state index contributed by atoms with van der Waals surface area (Å²) in [6.45, 7) is 9.77. The van der Waals surface area contributed by atoms with Crippen LogP contribution in [0.15, 0.2) is 23.8 Å². The van der Waals surface area contributed by atoms with E-state index in [2.05, 4.69) is 5.32 Å². The fourth-order valence-corrected chi connectivity index (χ4v) is 7.67. The van der Waals surface area contributed by atoms with Gasteiger partial charge in [0.25, 0.3) is 11.7 Å². The van der Waals surface area contributed by atoms with Crippen molar-refractivity contribution in [2.75, 3.05) is 0 Å². The number of rotatable bonds is 1. The van der Waals surface area contributed by atoms with Crippen molar-refractivity contribution in [3.8, 4) is 11.5 Å². The first-order valence-electron chi connectivity index (χ1n) is 16.8. The maximum absolute atomic E-state index is 14.1. The number of aliphatic hydroxyl groups is 3. The second kappa shape index (κ2) is 12.3. The smallest absolute Gasteiger partial charge is 0.312 e. The minimum atomic E-state index is -2.16. The number of fused-ring (bicyclic) bond motifs is 3. The molecule has 1 aromatic carbocycles. The van der Waals surface area contributed by atoms with Gasteiger partial charge in [0.05, 0.1) is 47.7 Å². The maximum Gasteiger partial charge on any atom is 0.312 e. The summed E-state index contributed by atoms with van der Waals surface area (Å²) in [4.78, 5) is 81.0. The second-order valence-electron chi connectivity index (χ2n) is 14.7. The molecular weight excluding hydrogens is 670 g/mol. The normalized spacial score (nSPS) is 38.5. The first-order chi connectivity index (χ1) is 23.7. The third-order valence-electron chi connectivity index (χ3n) is 11.0. The van der Waals surface area contributed by atoms with Crippen molar-refractivity contribution in [1.82, 2.24) is 5.32 Å². The lowest BCUT2D eigenvalue weighted by molar-refractivity contribution is -0.160. The number of nitrogens with one attached hydrogen (secondary N) is 1. The van der Waals surface area contributed by atoms with Crippen molar-refractivity contribution < 1.29 is 68.1 Å². The van der Waals surface area contributed by atoms with Crippen LogP contribution in [-0.2, 0) is 28.6 Å². The van der Waals surface area contributed by atoms with Gasteiger partial charge in [-0.2, -0.15) is 0 Å². The van der Waals surface area contributed by atoms with E-state index in [-0.39, 0.29) is 23.3 Å². The molecule has 274 valence electrons. The van der Waals surface area contributed by atoms with Crippen molar-refractivity contribution in [2.45, 2.75) is 97.1 Å². The number of Topliss-reactive ketones (excluding diaryl/α,β-unsaturated/α-hetero) is 4. The molecule has 5 N–H and O–H groups in total. The predicted octanol–water partition coefficient (Wildman–Crippen LogP) is 1.55. The van der Waals surface area contributed by atoms with Gasteiger partial charge in [0.15, 0.2) is 11.4 Å². The van der Waals surface area contributed by atoms with E-state index in [1.165, 1.54) is 33.8 Å². The van der Waals surface area contributed by atoms with Crippen LogP contribution in [0.4, 0.5) is 0 Å². The number of allylic oxidation sites excluding steroid dienone is 2. The molecule has 1 aromatic rings. The molecule has 5 aliphatic rings. The number of ether oxygens (including phenoxy) is 4. The lowest BCUT2D eigenvalue weighted by atomic mass is 9.79. The van der Waals surface area contributed by atoms with Crippen LogP contribution in [0.2, 0.25) is 0 Å². The van der Waals surface area contributed by atoms with Gasteiger partial charge in [-0.1, -0.05) is 20.8 Å². The third-order valence-corrected chi connectivity index (χ3v) is 11.0. The quantitative estimate of drug-likeness (QED) is 0.260. The van der Waals surface area contributed by atoms with Crippen molar-refractivity contribution in [2.24, 2.45) is 29.6 Å². The Morgan fingerprint density at radius 3 is 2.24 bits per heavy atom. The summed E-state index contributed by atoms with van der Waals surface area (Å²) in [6, 6.07) is 0. The van der Waals surface area contributed by atoms with Gasteiger partial charge in [-0.25, -0.2) is 0 Å². The van der Waals surface area contributed by atoms with Crippen molar-refractivity contribution in [3.63, 3.8) is 0 Å². The molecular formula is C36H41NO14. The second-order valence-corrected chi connectivity index (χ2v) is 14.7. The maximum atomic E-state index is 14.1. The first kappa shape index (κ1) is 36.2. The number of amides is 1. The topological polar surface area (TPSA) is 232 Å². The van der Waals surface area contributed by atoms with Crippen molar-refractivity contribution in [3.05, 3.63) is 46.0 Å². The monoisotopic (exact) mass is 711 g/mol. The molecule has 3 aliphatic heterocycles. The molecule has 0 radical (unpaired) electrons. The molecule has 51 heavy (non-hydrogen) atoms. The molecule has 0 unspecified atom stereocenters. The number of aromatic hydroxyl groups is 1. The van der Waals surface area contributed by atoms with E-state index >= 15 is 0 Å². The van der Waals surface area contributed by atoms with Crippen LogP contribution >= 0.6 is 0 Å². The summed E-state index contributed by atoms with van der Waals surface area (Å²) in [5.41, 5.74) is -4.07. The Morgan fingerprint density at radius 1 is 0.922 bits per heavy atom. The number of esters is 1. The zero-order valence-corrected chi connectivity index (χ0v) is 29.1. The van der Waals surface area contributed by atoms with Gasteiger partial charge in [-0.05, 0) is 32.3 Å².